The first-order valence-electron chi connectivity index (χ1n) is 7.67. The highest BCUT2D eigenvalue weighted by molar-refractivity contribution is 5.86. The van der Waals surface area contributed by atoms with Crippen LogP contribution in [0.5, 0.6) is 0 Å². The van der Waals surface area contributed by atoms with Gasteiger partial charge in [-0.05, 0) is 33.6 Å². The molecule has 0 aromatic heterocycles. The molecular formula is C16H28N2O5. The lowest BCUT2D eigenvalue weighted by atomic mass is 9.98. The summed E-state index contributed by atoms with van der Waals surface area (Å²) < 4.78 is 5.09. The highest BCUT2D eigenvalue weighted by Gasteiger charge is 2.23. The Morgan fingerprint density at radius 1 is 1.17 bits per heavy atom. The van der Waals surface area contributed by atoms with Gasteiger partial charge in [-0.25, -0.2) is 9.59 Å². The third kappa shape index (κ3) is 9.55. The largest absolute Gasteiger partial charge is 0.478 e. The zero-order valence-electron chi connectivity index (χ0n) is 14.7. The highest BCUT2D eigenvalue weighted by Crippen LogP contribution is 2.10. The minimum absolute atomic E-state index is 0.0586. The zero-order valence-corrected chi connectivity index (χ0v) is 14.7. The van der Waals surface area contributed by atoms with Crippen LogP contribution in [0.2, 0.25) is 0 Å². The summed E-state index contributed by atoms with van der Waals surface area (Å²) in [7, 11) is 0. The Morgan fingerprint density at radius 3 is 2.17 bits per heavy atom. The summed E-state index contributed by atoms with van der Waals surface area (Å²) in [5, 5.41) is 13.9. The molecule has 0 spiro atoms. The molecule has 0 radical (unpaired) electrons. The number of amides is 2. The van der Waals surface area contributed by atoms with Crippen molar-refractivity contribution >= 4 is 18.0 Å². The van der Waals surface area contributed by atoms with Gasteiger partial charge in [0.1, 0.15) is 11.6 Å². The third-order valence-electron chi connectivity index (χ3n) is 3.14. The number of hydrogen-bond acceptors (Lipinski definition) is 4. The molecule has 0 saturated carbocycles. The van der Waals surface area contributed by atoms with Crippen LogP contribution >= 0.6 is 0 Å². The molecule has 7 nitrogen and oxygen atoms in total. The molecule has 0 aliphatic heterocycles. The standard InChI is InChI=1S/C16H28N2O5/c1-7-10(2)12(8-9-13(19)20)18-14(21)11(3)17-15(22)23-16(4,5)6/h8-12H,7H2,1-6H3,(H,17,22)(H,18,21)(H,19,20)/t10-,11-,12+/m0/s1. The molecule has 0 bridgehead atoms. The van der Waals surface area contributed by atoms with E-state index < -0.39 is 35.7 Å². The van der Waals surface area contributed by atoms with Crippen LogP contribution in [0.3, 0.4) is 0 Å². The molecule has 3 atom stereocenters. The van der Waals surface area contributed by atoms with E-state index in [9.17, 15) is 14.4 Å². The summed E-state index contributed by atoms with van der Waals surface area (Å²) in [5.41, 5.74) is -0.649. The van der Waals surface area contributed by atoms with E-state index >= 15 is 0 Å². The second-order valence-electron chi connectivity index (χ2n) is 6.49. The molecule has 0 heterocycles. The van der Waals surface area contributed by atoms with Crippen molar-refractivity contribution in [3.63, 3.8) is 0 Å². The Labute approximate surface area is 137 Å². The van der Waals surface area contributed by atoms with Crippen LogP contribution in [0.25, 0.3) is 0 Å². The molecule has 0 aromatic carbocycles. The van der Waals surface area contributed by atoms with Crippen molar-refractivity contribution in [3.05, 3.63) is 12.2 Å². The molecule has 0 rings (SSSR count). The van der Waals surface area contributed by atoms with Crippen molar-refractivity contribution in [1.29, 1.82) is 0 Å². The van der Waals surface area contributed by atoms with Gasteiger partial charge >= 0.3 is 12.1 Å². The fourth-order valence-corrected chi connectivity index (χ4v) is 1.66. The molecule has 0 aromatic rings. The first-order chi connectivity index (χ1) is 10.5. The smallest absolute Gasteiger partial charge is 0.408 e. The van der Waals surface area contributed by atoms with Gasteiger partial charge in [-0.1, -0.05) is 26.3 Å². The van der Waals surface area contributed by atoms with E-state index in [1.165, 1.54) is 13.0 Å². The van der Waals surface area contributed by atoms with Gasteiger partial charge in [-0.15, -0.1) is 0 Å². The molecule has 3 N–H and O–H groups in total. The first-order valence-corrected chi connectivity index (χ1v) is 7.67. The number of carboxylic acid groups (broad SMARTS) is 1. The summed E-state index contributed by atoms with van der Waals surface area (Å²) in [6, 6.07) is -1.22. The second-order valence-corrected chi connectivity index (χ2v) is 6.49. The fraction of sp³-hybridized carbons (Fsp3) is 0.688. The summed E-state index contributed by atoms with van der Waals surface area (Å²) >= 11 is 0. The van der Waals surface area contributed by atoms with E-state index in [1.54, 1.807) is 20.8 Å². The maximum Gasteiger partial charge on any atom is 0.408 e. The van der Waals surface area contributed by atoms with Crippen molar-refractivity contribution in [3.8, 4) is 0 Å². The number of aliphatic carboxylic acids is 1. The molecule has 0 fully saturated rings. The summed E-state index contributed by atoms with van der Waals surface area (Å²) in [4.78, 5) is 34.5. The normalized spacial score (nSPS) is 15.6. The quantitative estimate of drug-likeness (QED) is 0.621. The summed E-state index contributed by atoms with van der Waals surface area (Å²) in [5.74, 6) is -1.42. The van der Waals surface area contributed by atoms with E-state index in [0.717, 1.165) is 12.5 Å². The minimum Gasteiger partial charge on any atom is -0.478 e. The maximum absolute atomic E-state index is 12.2. The van der Waals surface area contributed by atoms with Gasteiger partial charge in [-0.3, -0.25) is 4.79 Å². The van der Waals surface area contributed by atoms with Crippen molar-refractivity contribution in [2.75, 3.05) is 0 Å². The zero-order chi connectivity index (χ0) is 18.2. The molecular weight excluding hydrogens is 300 g/mol. The lowest BCUT2D eigenvalue weighted by molar-refractivity contribution is -0.131. The minimum atomic E-state index is -1.08. The number of carboxylic acids is 1. The average Bonchev–Trinajstić information content (AvgIpc) is 2.39. The molecule has 2 amide bonds. The Hall–Kier alpha value is -2.05. The SMILES string of the molecule is CC[C@H](C)[C@@H](C=CC(=O)O)NC(=O)[C@H](C)NC(=O)OC(C)(C)C. The van der Waals surface area contributed by atoms with Crippen LogP contribution in [0.4, 0.5) is 4.79 Å². The molecule has 0 aliphatic carbocycles. The van der Waals surface area contributed by atoms with Crippen LogP contribution in [-0.4, -0.2) is 40.8 Å². The monoisotopic (exact) mass is 328 g/mol. The Balaban J connectivity index is 4.72. The third-order valence-corrected chi connectivity index (χ3v) is 3.14. The van der Waals surface area contributed by atoms with Gasteiger partial charge in [0.2, 0.25) is 5.91 Å². The molecule has 23 heavy (non-hydrogen) atoms. The van der Waals surface area contributed by atoms with Crippen LogP contribution in [-0.2, 0) is 14.3 Å². The first kappa shape index (κ1) is 20.9. The molecule has 0 saturated heterocycles. The molecule has 0 unspecified atom stereocenters. The lowest BCUT2D eigenvalue weighted by Crippen LogP contribution is -2.50. The predicted molar refractivity (Wildman–Crippen MR) is 87.0 cm³/mol. The maximum atomic E-state index is 12.2. The second kappa shape index (κ2) is 9.17. The van der Waals surface area contributed by atoms with Crippen LogP contribution in [0.15, 0.2) is 12.2 Å². The van der Waals surface area contributed by atoms with E-state index in [2.05, 4.69) is 10.6 Å². The number of ether oxygens (including phenoxy) is 1. The molecule has 7 heteroatoms. The van der Waals surface area contributed by atoms with Gasteiger partial charge < -0.3 is 20.5 Å². The lowest BCUT2D eigenvalue weighted by Gasteiger charge is -2.25. The molecule has 0 aliphatic rings. The van der Waals surface area contributed by atoms with Crippen molar-refractivity contribution < 1.29 is 24.2 Å². The average molecular weight is 328 g/mol. The summed E-state index contributed by atoms with van der Waals surface area (Å²) in [6.07, 6.45) is 2.53. The van der Waals surface area contributed by atoms with Crippen molar-refractivity contribution in [1.82, 2.24) is 10.6 Å². The van der Waals surface area contributed by atoms with E-state index in [1.807, 2.05) is 13.8 Å². The van der Waals surface area contributed by atoms with Gasteiger partial charge in [0, 0.05) is 6.08 Å². The van der Waals surface area contributed by atoms with Crippen LogP contribution < -0.4 is 10.6 Å². The number of nitrogens with one attached hydrogen (secondary N) is 2. The van der Waals surface area contributed by atoms with E-state index in [0.29, 0.717) is 0 Å². The predicted octanol–water partition coefficient (Wildman–Crippen LogP) is 2.07. The van der Waals surface area contributed by atoms with E-state index in [-0.39, 0.29) is 5.92 Å². The molecule has 132 valence electrons. The van der Waals surface area contributed by atoms with Gasteiger partial charge in [0.25, 0.3) is 0 Å². The van der Waals surface area contributed by atoms with Gasteiger partial charge in [-0.2, -0.15) is 0 Å². The number of rotatable bonds is 7. The summed E-state index contributed by atoms with van der Waals surface area (Å²) in [6.45, 7) is 10.6. The number of hydrogen-bond donors (Lipinski definition) is 3. The Morgan fingerprint density at radius 2 is 1.74 bits per heavy atom. The van der Waals surface area contributed by atoms with Crippen LogP contribution in [0.1, 0.15) is 48.0 Å². The number of carbonyl (C=O) groups excluding carboxylic acids is 2. The Bertz CT molecular complexity index is 454. The van der Waals surface area contributed by atoms with Gasteiger partial charge in [0.05, 0.1) is 6.04 Å². The Kier molecular flexibility index (Phi) is 8.35. The van der Waals surface area contributed by atoms with Crippen molar-refractivity contribution in [2.45, 2.75) is 65.6 Å². The number of alkyl carbamates (subject to hydrolysis) is 1. The number of carbonyl (C=O) groups is 3. The van der Waals surface area contributed by atoms with E-state index in [4.69, 9.17) is 9.84 Å². The van der Waals surface area contributed by atoms with Crippen molar-refractivity contribution in [2.24, 2.45) is 5.92 Å². The van der Waals surface area contributed by atoms with Crippen LogP contribution in [0, 0.1) is 5.92 Å². The van der Waals surface area contributed by atoms with Gasteiger partial charge in [0.15, 0.2) is 0 Å². The fourth-order valence-electron chi connectivity index (χ4n) is 1.66. The highest BCUT2D eigenvalue weighted by atomic mass is 16.6. The topological polar surface area (TPSA) is 105 Å².